The van der Waals surface area contributed by atoms with Crippen LogP contribution in [0.15, 0.2) is 48.5 Å². The van der Waals surface area contributed by atoms with Crippen molar-refractivity contribution < 1.29 is 14.4 Å². The maximum absolute atomic E-state index is 12.6. The van der Waals surface area contributed by atoms with Gasteiger partial charge in [0.15, 0.2) is 0 Å². The quantitative estimate of drug-likeness (QED) is 0.652. The molecule has 1 aliphatic heterocycles. The second-order valence-electron chi connectivity index (χ2n) is 7.00. The molecule has 0 saturated carbocycles. The van der Waals surface area contributed by atoms with Gasteiger partial charge in [-0.15, -0.1) is 10.2 Å². The van der Waals surface area contributed by atoms with E-state index in [1.165, 1.54) is 16.2 Å². The van der Waals surface area contributed by atoms with Crippen molar-refractivity contribution in [1.82, 2.24) is 15.1 Å². The molecule has 1 aliphatic rings. The Morgan fingerprint density at radius 2 is 1.72 bits per heavy atom. The van der Waals surface area contributed by atoms with E-state index in [9.17, 15) is 14.4 Å². The monoisotopic (exact) mass is 406 g/mol. The van der Waals surface area contributed by atoms with Crippen molar-refractivity contribution in [2.45, 2.75) is 26.3 Å². The van der Waals surface area contributed by atoms with Gasteiger partial charge in [0.05, 0.1) is 17.7 Å². The Morgan fingerprint density at radius 1 is 1.03 bits per heavy atom. The predicted molar refractivity (Wildman–Crippen MR) is 109 cm³/mol. The molecular formula is C21H18N4O3S. The smallest absolute Gasteiger partial charge is 0.261 e. The summed E-state index contributed by atoms with van der Waals surface area (Å²) in [6.45, 7) is 4.12. The van der Waals surface area contributed by atoms with Gasteiger partial charge in [-0.1, -0.05) is 49.4 Å². The maximum Gasteiger partial charge on any atom is 0.261 e. The van der Waals surface area contributed by atoms with Crippen LogP contribution >= 0.6 is 11.3 Å². The molecule has 0 bridgehead atoms. The highest BCUT2D eigenvalue weighted by atomic mass is 32.1. The molecule has 1 aromatic heterocycles. The van der Waals surface area contributed by atoms with E-state index in [0.717, 1.165) is 5.01 Å². The predicted octanol–water partition coefficient (Wildman–Crippen LogP) is 3.71. The summed E-state index contributed by atoms with van der Waals surface area (Å²) in [4.78, 5) is 38.8. The first kappa shape index (κ1) is 18.9. The number of nitrogens with zero attached hydrogens (tertiary/aromatic N) is 3. The van der Waals surface area contributed by atoms with E-state index in [1.807, 2.05) is 13.8 Å². The fourth-order valence-corrected chi connectivity index (χ4v) is 3.80. The average molecular weight is 406 g/mol. The lowest BCUT2D eigenvalue weighted by Crippen LogP contribution is -2.29. The van der Waals surface area contributed by atoms with Crippen LogP contribution < -0.4 is 5.32 Å². The fourth-order valence-electron chi connectivity index (χ4n) is 3.06. The second-order valence-corrected chi connectivity index (χ2v) is 8.01. The lowest BCUT2D eigenvalue weighted by Gasteiger charge is -2.14. The number of imide groups is 1. The van der Waals surface area contributed by atoms with Crippen LogP contribution in [-0.4, -0.2) is 32.8 Å². The second kappa shape index (κ2) is 7.56. The van der Waals surface area contributed by atoms with E-state index < -0.39 is 0 Å². The van der Waals surface area contributed by atoms with E-state index in [2.05, 4.69) is 15.5 Å². The number of benzene rings is 2. The summed E-state index contributed by atoms with van der Waals surface area (Å²) >= 11 is 1.34. The number of anilines is 1. The third kappa shape index (κ3) is 3.66. The number of carbonyl (C=O) groups excluding carboxylic acids is 3. The average Bonchev–Trinajstić information content (AvgIpc) is 3.28. The standard InChI is InChI=1S/C21H18N4O3S/c1-12(2)18-23-24-21(29-18)22-17(26)14-7-5-6-13(10-14)11-25-19(27)15-8-3-4-9-16(15)20(25)28/h3-10,12H,11H2,1-2H3,(H,22,24,26). The molecule has 4 rings (SSSR count). The van der Waals surface area contributed by atoms with Gasteiger partial charge in [-0.3, -0.25) is 24.6 Å². The molecule has 3 aromatic rings. The van der Waals surface area contributed by atoms with Crippen LogP contribution in [0.2, 0.25) is 0 Å². The minimum Gasteiger partial charge on any atom is -0.296 e. The van der Waals surface area contributed by atoms with Gasteiger partial charge < -0.3 is 0 Å². The number of hydrogen-bond acceptors (Lipinski definition) is 6. The summed E-state index contributed by atoms with van der Waals surface area (Å²) in [6.07, 6.45) is 0. The topological polar surface area (TPSA) is 92.3 Å². The molecule has 2 heterocycles. The van der Waals surface area contributed by atoms with Gasteiger partial charge in [0.25, 0.3) is 17.7 Å². The number of fused-ring (bicyclic) bond motifs is 1. The number of aromatic nitrogens is 2. The molecular weight excluding hydrogens is 388 g/mol. The summed E-state index contributed by atoms with van der Waals surface area (Å²) in [7, 11) is 0. The zero-order chi connectivity index (χ0) is 20.5. The first-order chi connectivity index (χ1) is 13.9. The first-order valence-corrected chi connectivity index (χ1v) is 9.94. The van der Waals surface area contributed by atoms with Crippen LogP contribution in [0, 0.1) is 0 Å². The van der Waals surface area contributed by atoms with Gasteiger partial charge in [-0.25, -0.2) is 0 Å². The van der Waals surface area contributed by atoms with Gasteiger partial charge in [0, 0.05) is 11.5 Å². The third-order valence-electron chi connectivity index (χ3n) is 4.56. The van der Waals surface area contributed by atoms with Crippen molar-refractivity contribution in [3.05, 3.63) is 75.8 Å². The van der Waals surface area contributed by atoms with Crippen molar-refractivity contribution in [2.75, 3.05) is 5.32 Å². The highest BCUT2D eigenvalue weighted by Crippen LogP contribution is 2.25. The number of rotatable bonds is 5. The van der Waals surface area contributed by atoms with Gasteiger partial charge in [-0.2, -0.15) is 0 Å². The summed E-state index contributed by atoms with van der Waals surface area (Å²) in [6, 6.07) is 13.6. The van der Waals surface area contributed by atoms with Gasteiger partial charge >= 0.3 is 0 Å². The highest BCUT2D eigenvalue weighted by molar-refractivity contribution is 7.15. The highest BCUT2D eigenvalue weighted by Gasteiger charge is 2.35. The molecule has 8 heteroatoms. The Bertz CT molecular complexity index is 1090. The third-order valence-corrected chi connectivity index (χ3v) is 5.70. The number of hydrogen-bond donors (Lipinski definition) is 1. The first-order valence-electron chi connectivity index (χ1n) is 9.13. The van der Waals surface area contributed by atoms with E-state index in [-0.39, 0.29) is 30.2 Å². The summed E-state index contributed by atoms with van der Waals surface area (Å²) < 4.78 is 0. The Kier molecular flexibility index (Phi) is 4.94. The SMILES string of the molecule is CC(C)c1nnc(NC(=O)c2cccc(CN3C(=O)c4ccccc4C3=O)c2)s1. The molecule has 0 saturated heterocycles. The van der Waals surface area contributed by atoms with E-state index >= 15 is 0 Å². The summed E-state index contributed by atoms with van der Waals surface area (Å²) in [5.74, 6) is -0.729. The normalized spacial score (nSPS) is 13.1. The molecule has 2 aromatic carbocycles. The van der Waals surface area contributed by atoms with Crippen LogP contribution in [0.4, 0.5) is 5.13 Å². The lowest BCUT2D eigenvalue weighted by atomic mass is 10.1. The summed E-state index contributed by atoms with van der Waals surface area (Å²) in [5.41, 5.74) is 1.92. The van der Waals surface area contributed by atoms with Crippen LogP contribution in [0.25, 0.3) is 0 Å². The van der Waals surface area contributed by atoms with Crippen molar-refractivity contribution in [3.63, 3.8) is 0 Å². The van der Waals surface area contributed by atoms with E-state index in [0.29, 0.717) is 27.4 Å². The molecule has 146 valence electrons. The zero-order valence-corrected chi connectivity index (χ0v) is 16.7. The van der Waals surface area contributed by atoms with Crippen LogP contribution in [0.3, 0.4) is 0 Å². The maximum atomic E-state index is 12.6. The zero-order valence-electron chi connectivity index (χ0n) is 15.9. The van der Waals surface area contributed by atoms with Gasteiger partial charge in [0.2, 0.25) is 5.13 Å². The Labute approximate surface area is 171 Å². The van der Waals surface area contributed by atoms with Crippen molar-refractivity contribution >= 4 is 34.2 Å². The summed E-state index contributed by atoms with van der Waals surface area (Å²) in [5, 5.41) is 12.1. The number of amides is 3. The van der Waals surface area contributed by atoms with E-state index in [1.54, 1.807) is 48.5 Å². The molecule has 0 atom stereocenters. The van der Waals surface area contributed by atoms with Gasteiger partial charge in [-0.05, 0) is 29.8 Å². The van der Waals surface area contributed by atoms with Crippen molar-refractivity contribution in [1.29, 1.82) is 0 Å². The lowest BCUT2D eigenvalue weighted by molar-refractivity contribution is 0.0642. The fraction of sp³-hybridized carbons (Fsp3) is 0.190. The minimum absolute atomic E-state index is 0.101. The van der Waals surface area contributed by atoms with Crippen molar-refractivity contribution in [2.24, 2.45) is 0 Å². The molecule has 7 nitrogen and oxygen atoms in total. The van der Waals surface area contributed by atoms with Gasteiger partial charge in [0.1, 0.15) is 5.01 Å². The Morgan fingerprint density at radius 3 is 2.34 bits per heavy atom. The molecule has 1 N–H and O–H groups in total. The number of carbonyl (C=O) groups is 3. The molecule has 0 radical (unpaired) electrons. The molecule has 0 spiro atoms. The minimum atomic E-state index is -0.324. The van der Waals surface area contributed by atoms with E-state index in [4.69, 9.17) is 0 Å². The van der Waals surface area contributed by atoms with Crippen LogP contribution in [-0.2, 0) is 6.54 Å². The van der Waals surface area contributed by atoms with Crippen LogP contribution in [0.1, 0.15) is 61.4 Å². The van der Waals surface area contributed by atoms with Crippen molar-refractivity contribution in [3.8, 4) is 0 Å². The molecule has 0 unspecified atom stereocenters. The molecule has 29 heavy (non-hydrogen) atoms. The number of nitrogens with one attached hydrogen (secondary N) is 1. The molecule has 3 amide bonds. The molecule has 0 fully saturated rings. The largest absolute Gasteiger partial charge is 0.296 e. The van der Waals surface area contributed by atoms with Crippen LogP contribution in [0.5, 0.6) is 0 Å². The Balaban J connectivity index is 1.50. The molecule has 0 aliphatic carbocycles. The Hall–Kier alpha value is -3.39.